The highest BCUT2D eigenvalue weighted by molar-refractivity contribution is 8.01. The van der Waals surface area contributed by atoms with Crippen molar-refractivity contribution in [3.63, 3.8) is 0 Å². The Morgan fingerprint density at radius 2 is 1.75 bits per heavy atom. The maximum Gasteiger partial charge on any atom is 0.322 e. The predicted molar refractivity (Wildman–Crippen MR) is 162 cm³/mol. The summed E-state index contributed by atoms with van der Waals surface area (Å²) in [5.74, 6) is 1.69. The summed E-state index contributed by atoms with van der Waals surface area (Å²) in [5, 5.41) is 0.685. The van der Waals surface area contributed by atoms with E-state index in [0.717, 1.165) is 61.3 Å². The van der Waals surface area contributed by atoms with Crippen LogP contribution < -0.4 is 4.74 Å². The number of halogens is 1. The third-order valence-electron chi connectivity index (χ3n) is 8.94. The first-order valence-corrected chi connectivity index (χ1v) is 15.4. The number of thioether (sulfide) groups is 1. The predicted octanol–water partition coefficient (Wildman–Crippen LogP) is 8.28. The molecule has 2 aliphatic carbocycles. The Morgan fingerprint density at radius 1 is 1.00 bits per heavy atom. The number of benzene rings is 3. The fourth-order valence-corrected chi connectivity index (χ4v) is 8.51. The van der Waals surface area contributed by atoms with Gasteiger partial charge in [-0.25, -0.2) is 0 Å². The highest BCUT2D eigenvalue weighted by Gasteiger charge is 2.54. The van der Waals surface area contributed by atoms with E-state index >= 15 is 0 Å². The van der Waals surface area contributed by atoms with Crippen LogP contribution in [0.5, 0.6) is 5.75 Å². The second-order valence-corrected chi connectivity index (χ2v) is 13.4. The van der Waals surface area contributed by atoms with E-state index in [1.165, 1.54) is 18.2 Å². The molecule has 0 heterocycles. The molecule has 0 saturated heterocycles. The van der Waals surface area contributed by atoms with Crippen LogP contribution in [0, 0.1) is 11.8 Å². The molecule has 4 nitrogen and oxygen atoms in total. The maximum atomic E-state index is 13.3. The number of hydrogen-bond acceptors (Lipinski definition) is 5. The van der Waals surface area contributed by atoms with Crippen LogP contribution in [0.1, 0.15) is 55.7 Å². The molecule has 0 aromatic heterocycles. The lowest BCUT2D eigenvalue weighted by Gasteiger charge is -2.47. The number of ether oxygens (including phenoxy) is 3. The molecule has 0 N–H and O–H groups in total. The minimum atomic E-state index is -0.597. The fourth-order valence-electron chi connectivity index (χ4n) is 6.89. The topological polar surface area (TPSA) is 44.8 Å². The molecule has 0 aliphatic heterocycles. The van der Waals surface area contributed by atoms with E-state index in [4.69, 9.17) is 25.8 Å². The Morgan fingerprint density at radius 3 is 2.45 bits per heavy atom. The zero-order valence-electron chi connectivity index (χ0n) is 23.7. The SMILES string of the molecule is COC(=O)C1(Sc2cccc(Cl)c2)CCC2(CC1)c1ccccc1CC2C[C@@H](C)COCc1ccc(OC)cc1. The quantitative estimate of drug-likeness (QED) is 0.226. The molecule has 0 bridgehead atoms. The van der Waals surface area contributed by atoms with Gasteiger partial charge in [-0.1, -0.05) is 61.0 Å². The van der Waals surface area contributed by atoms with Crippen molar-refractivity contribution >= 4 is 29.3 Å². The highest BCUT2D eigenvalue weighted by Crippen LogP contribution is 2.58. The molecule has 3 aromatic carbocycles. The summed E-state index contributed by atoms with van der Waals surface area (Å²) < 4.78 is 16.2. The number of methoxy groups -OCH3 is 2. The van der Waals surface area contributed by atoms with E-state index in [2.05, 4.69) is 43.3 Å². The van der Waals surface area contributed by atoms with Crippen LogP contribution in [-0.2, 0) is 32.7 Å². The van der Waals surface area contributed by atoms with E-state index in [9.17, 15) is 4.79 Å². The molecule has 40 heavy (non-hydrogen) atoms. The lowest BCUT2D eigenvalue weighted by molar-refractivity contribution is -0.145. The molecule has 2 aliphatic rings. The lowest BCUT2D eigenvalue weighted by atomic mass is 9.61. The first kappa shape index (κ1) is 29.0. The van der Waals surface area contributed by atoms with Crippen LogP contribution in [0.15, 0.2) is 77.7 Å². The van der Waals surface area contributed by atoms with Gasteiger partial charge in [0, 0.05) is 16.5 Å². The average Bonchev–Trinajstić information content (AvgIpc) is 3.26. The molecular weight excluding hydrogens is 540 g/mol. The van der Waals surface area contributed by atoms with Crippen LogP contribution in [-0.4, -0.2) is 31.5 Å². The molecule has 0 radical (unpaired) electrons. The number of rotatable bonds is 10. The molecule has 5 rings (SSSR count). The average molecular weight is 579 g/mol. The van der Waals surface area contributed by atoms with Crippen molar-refractivity contribution in [1.29, 1.82) is 0 Å². The highest BCUT2D eigenvalue weighted by atomic mass is 35.5. The van der Waals surface area contributed by atoms with Crippen molar-refractivity contribution in [3.8, 4) is 5.75 Å². The number of hydrogen-bond donors (Lipinski definition) is 0. The third kappa shape index (κ3) is 6.07. The van der Waals surface area contributed by atoms with Crippen molar-refractivity contribution < 1.29 is 19.0 Å². The molecule has 1 saturated carbocycles. The van der Waals surface area contributed by atoms with Crippen molar-refractivity contribution in [2.24, 2.45) is 11.8 Å². The van der Waals surface area contributed by atoms with E-state index in [1.54, 1.807) is 18.9 Å². The largest absolute Gasteiger partial charge is 0.497 e. The van der Waals surface area contributed by atoms with Gasteiger partial charge in [0.2, 0.25) is 0 Å². The van der Waals surface area contributed by atoms with Gasteiger partial charge < -0.3 is 14.2 Å². The smallest absolute Gasteiger partial charge is 0.322 e. The summed E-state index contributed by atoms with van der Waals surface area (Å²) in [6.07, 6.45) is 5.69. The Labute approximate surface area is 247 Å². The Kier molecular flexibility index (Phi) is 9.14. The molecule has 2 atom stereocenters. The molecular formula is C34H39ClO4S. The molecule has 0 amide bonds. The van der Waals surface area contributed by atoms with Gasteiger partial charge in [0.25, 0.3) is 0 Å². The van der Waals surface area contributed by atoms with Gasteiger partial charge in [-0.05, 0) is 103 Å². The van der Waals surface area contributed by atoms with E-state index in [0.29, 0.717) is 23.5 Å². The Balaban J connectivity index is 1.29. The summed E-state index contributed by atoms with van der Waals surface area (Å²) in [5.41, 5.74) is 4.18. The van der Waals surface area contributed by atoms with Crippen molar-refractivity contribution in [2.45, 2.75) is 67.1 Å². The molecule has 1 spiro atoms. The Bertz CT molecular complexity index is 1300. The second-order valence-electron chi connectivity index (χ2n) is 11.5. The van der Waals surface area contributed by atoms with Crippen molar-refractivity contribution in [3.05, 3.63) is 94.5 Å². The monoisotopic (exact) mass is 578 g/mol. The first-order chi connectivity index (χ1) is 19.4. The molecule has 1 unspecified atom stereocenters. The van der Waals surface area contributed by atoms with Gasteiger partial charge in [-0.2, -0.15) is 0 Å². The zero-order chi connectivity index (χ0) is 28.2. The van der Waals surface area contributed by atoms with Gasteiger partial charge in [0.1, 0.15) is 10.5 Å². The number of fused-ring (bicyclic) bond motifs is 2. The lowest BCUT2D eigenvalue weighted by Crippen LogP contribution is -2.47. The van der Waals surface area contributed by atoms with Crippen LogP contribution in [0.4, 0.5) is 0 Å². The number of carbonyl (C=O) groups excluding carboxylic acids is 1. The van der Waals surface area contributed by atoms with Gasteiger partial charge in [0.15, 0.2) is 0 Å². The second kappa shape index (κ2) is 12.6. The number of carbonyl (C=O) groups is 1. The van der Waals surface area contributed by atoms with Gasteiger partial charge in [0.05, 0.1) is 20.8 Å². The van der Waals surface area contributed by atoms with Crippen LogP contribution in [0.25, 0.3) is 0 Å². The molecule has 6 heteroatoms. The van der Waals surface area contributed by atoms with E-state index in [1.807, 2.05) is 36.4 Å². The van der Waals surface area contributed by atoms with E-state index < -0.39 is 4.75 Å². The maximum absolute atomic E-state index is 13.3. The van der Waals surface area contributed by atoms with Crippen LogP contribution in [0.3, 0.4) is 0 Å². The van der Waals surface area contributed by atoms with Crippen molar-refractivity contribution in [2.75, 3.05) is 20.8 Å². The van der Waals surface area contributed by atoms with Crippen molar-refractivity contribution in [1.82, 2.24) is 0 Å². The third-order valence-corrected chi connectivity index (χ3v) is 10.6. The Hall–Kier alpha value is -2.47. The first-order valence-electron chi connectivity index (χ1n) is 14.2. The van der Waals surface area contributed by atoms with Crippen LogP contribution >= 0.6 is 23.4 Å². The standard InChI is InChI=1S/C34H39ClO4S/c1-24(22-39-23-25-11-13-29(37-2)14-12-25)19-27-20-26-7-4-5-10-31(26)33(27)15-17-34(18-16-33,32(36)38-3)40-30-9-6-8-28(35)21-30/h4-14,21,24,27H,15-20,22-23H2,1-3H3/t24-,27?,33?,34?/m1/s1. The van der Waals surface area contributed by atoms with Gasteiger partial charge in [-0.15, -0.1) is 11.8 Å². The molecule has 3 aromatic rings. The summed E-state index contributed by atoms with van der Waals surface area (Å²) in [7, 11) is 3.19. The van der Waals surface area contributed by atoms with Gasteiger partial charge >= 0.3 is 5.97 Å². The fraction of sp³-hybridized carbons (Fsp3) is 0.441. The van der Waals surface area contributed by atoms with Gasteiger partial charge in [-0.3, -0.25) is 4.79 Å². The van der Waals surface area contributed by atoms with E-state index in [-0.39, 0.29) is 11.4 Å². The normalized spacial score (nSPS) is 24.4. The molecule has 1 fully saturated rings. The summed E-state index contributed by atoms with van der Waals surface area (Å²) >= 11 is 7.90. The molecule has 212 valence electrons. The summed E-state index contributed by atoms with van der Waals surface area (Å²) in [4.78, 5) is 14.3. The number of esters is 1. The summed E-state index contributed by atoms with van der Waals surface area (Å²) in [6.45, 7) is 3.64. The summed E-state index contributed by atoms with van der Waals surface area (Å²) in [6, 6.07) is 24.8. The minimum Gasteiger partial charge on any atom is -0.497 e. The van der Waals surface area contributed by atoms with Crippen LogP contribution in [0.2, 0.25) is 5.02 Å². The minimum absolute atomic E-state index is 0.0766. The zero-order valence-corrected chi connectivity index (χ0v) is 25.2.